The molecule has 2 heterocycles. The molecule has 2 aromatic heterocycles. The van der Waals surface area contributed by atoms with E-state index in [0.29, 0.717) is 22.3 Å². The SMILES string of the molecule is C=CCn1c(SCC(=O)Nc2sc3c(c2C(=O)OC)CCCC3)nnc1-c1ccccc1C. The molecule has 0 radical (unpaired) electrons. The highest BCUT2D eigenvalue weighted by Gasteiger charge is 2.27. The van der Waals surface area contributed by atoms with Crippen molar-refractivity contribution in [3.05, 3.63) is 58.5 Å². The highest BCUT2D eigenvalue weighted by molar-refractivity contribution is 7.99. The maximum atomic E-state index is 12.8. The number of hydrogen-bond donors (Lipinski definition) is 1. The monoisotopic (exact) mass is 482 g/mol. The van der Waals surface area contributed by atoms with Crippen LogP contribution in [0.3, 0.4) is 0 Å². The van der Waals surface area contributed by atoms with Crippen molar-refractivity contribution in [2.24, 2.45) is 0 Å². The van der Waals surface area contributed by atoms with Gasteiger partial charge in [0.2, 0.25) is 5.91 Å². The van der Waals surface area contributed by atoms with Crippen molar-refractivity contribution >= 4 is 40.0 Å². The Morgan fingerprint density at radius 3 is 2.82 bits per heavy atom. The number of fused-ring (bicyclic) bond motifs is 1. The normalized spacial score (nSPS) is 12.8. The molecule has 0 aliphatic heterocycles. The molecule has 4 rings (SSSR count). The molecule has 0 spiro atoms. The lowest BCUT2D eigenvalue weighted by Gasteiger charge is -2.12. The van der Waals surface area contributed by atoms with Crippen LogP contribution in [-0.2, 0) is 28.9 Å². The third kappa shape index (κ3) is 4.89. The lowest BCUT2D eigenvalue weighted by molar-refractivity contribution is -0.113. The first-order chi connectivity index (χ1) is 16.0. The number of allylic oxidation sites excluding steroid dienone is 1. The molecule has 33 heavy (non-hydrogen) atoms. The number of benzene rings is 1. The molecule has 1 aliphatic carbocycles. The van der Waals surface area contributed by atoms with Gasteiger partial charge in [-0.3, -0.25) is 9.36 Å². The topological polar surface area (TPSA) is 86.1 Å². The van der Waals surface area contributed by atoms with Crippen molar-refractivity contribution in [3.63, 3.8) is 0 Å². The van der Waals surface area contributed by atoms with Crippen molar-refractivity contribution in [2.45, 2.75) is 44.3 Å². The molecule has 1 amide bonds. The summed E-state index contributed by atoms with van der Waals surface area (Å²) in [5.41, 5.74) is 3.62. The first kappa shape index (κ1) is 23.3. The zero-order valence-corrected chi connectivity index (χ0v) is 20.4. The van der Waals surface area contributed by atoms with E-state index in [0.717, 1.165) is 48.2 Å². The first-order valence-electron chi connectivity index (χ1n) is 10.8. The van der Waals surface area contributed by atoms with E-state index in [1.54, 1.807) is 6.08 Å². The van der Waals surface area contributed by atoms with E-state index < -0.39 is 5.97 Å². The summed E-state index contributed by atoms with van der Waals surface area (Å²) < 4.78 is 6.94. The second-order valence-corrected chi connectivity index (χ2v) is 9.81. The average molecular weight is 483 g/mol. The first-order valence-corrected chi connectivity index (χ1v) is 12.6. The Kier molecular flexibility index (Phi) is 7.29. The highest BCUT2D eigenvalue weighted by Crippen LogP contribution is 2.38. The van der Waals surface area contributed by atoms with Crippen LogP contribution in [0.2, 0.25) is 0 Å². The summed E-state index contributed by atoms with van der Waals surface area (Å²) in [6.45, 7) is 6.41. The molecular formula is C24H26N4O3S2. The largest absolute Gasteiger partial charge is 0.465 e. The maximum Gasteiger partial charge on any atom is 0.341 e. The van der Waals surface area contributed by atoms with Crippen LogP contribution in [0.15, 0.2) is 42.1 Å². The van der Waals surface area contributed by atoms with Crippen molar-refractivity contribution in [1.29, 1.82) is 0 Å². The molecule has 1 aromatic carbocycles. The predicted octanol–water partition coefficient (Wildman–Crippen LogP) is 4.90. The fourth-order valence-electron chi connectivity index (χ4n) is 3.98. The molecule has 0 atom stereocenters. The second kappa shape index (κ2) is 10.4. The van der Waals surface area contributed by atoms with Gasteiger partial charge in [0.05, 0.1) is 18.4 Å². The van der Waals surface area contributed by atoms with E-state index in [4.69, 9.17) is 4.74 Å². The number of esters is 1. The van der Waals surface area contributed by atoms with Gasteiger partial charge < -0.3 is 10.1 Å². The van der Waals surface area contributed by atoms with Crippen molar-refractivity contribution in [1.82, 2.24) is 14.8 Å². The van der Waals surface area contributed by atoms with Crippen LogP contribution < -0.4 is 5.32 Å². The Bertz CT molecular complexity index is 1200. The van der Waals surface area contributed by atoms with E-state index in [-0.39, 0.29) is 11.7 Å². The third-order valence-corrected chi connectivity index (χ3v) is 7.73. The van der Waals surface area contributed by atoms with Crippen LogP contribution in [0.25, 0.3) is 11.4 Å². The fraction of sp³-hybridized carbons (Fsp3) is 0.333. The number of anilines is 1. The van der Waals surface area contributed by atoms with Crippen LogP contribution in [-0.4, -0.2) is 39.5 Å². The number of nitrogens with one attached hydrogen (secondary N) is 1. The van der Waals surface area contributed by atoms with E-state index in [2.05, 4.69) is 22.1 Å². The van der Waals surface area contributed by atoms with Crippen molar-refractivity contribution < 1.29 is 14.3 Å². The fourth-order valence-corrected chi connectivity index (χ4v) is 6.02. The second-order valence-electron chi connectivity index (χ2n) is 7.76. The minimum atomic E-state index is -0.397. The van der Waals surface area contributed by atoms with Gasteiger partial charge in [-0.15, -0.1) is 28.1 Å². The van der Waals surface area contributed by atoms with Crippen LogP contribution in [0.1, 0.15) is 39.2 Å². The number of nitrogens with zero attached hydrogens (tertiary/aromatic N) is 3. The van der Waals surface area contributed by atoms with Gasteiger partial charge in [0.25, 0.3) is 0 Å². The van der Waals surface area contributed by atoms with E-state index in [9.17, 15) is 9.59 Å². The molecule has 1 N–H and O–H groups in total. The standard InChI is InChI=1S/C24H26N4O3S2/c1-4-13-28-21(16-10-6-5-9-15(16)2)26-27-24(28)32-14-19(29)25-22-20(23(30)31-3)17-11-7-8-12-18(17)33-22/h4-6,9-10H,1,7-8,11-14H2,2-3H3,(H,25,29). The third-order valence-electron chi connectivity index (χ3n) is 5.56. The quantitative estimate of drug-likeness (QED) is 0.279. The molecule has 9 heteroatoms. The average Bonchev–Trinajstić information content (AvgIpc) is 3.38. The summed E-state index contributed by atoms with van der Waals surface area (Å²) in [4.78, 5) is 26.4. The molecule has 0 fully saturated rings. The predicted molar refractivity (Wildman–Crippen MR) is 132 cm³/mol. The summed E-state index contributed by atoms with van der Waals surface area (Å²) in [7, 11) is 1.37. The minimum Gasteiger partial charge on any atom is -0.465 e. The molecule has 0 bridgehead atoms. The number of carbonyl (C=O) groups excluding carboxylic acids is 2. The summed E-state index contributed by atoms with van der Waals surface area (Å²) in [6.07, 6.45) is 5.70. The van der Waals surface area contributed by atoms with Gasteiger partial charge in [0.1, 0.15) is 5.00 Å². The number of amides is 1. The van der Waals surface area contributed by atoms with Gasteiger partial charge in [0, 0.05) is 17.0 Å². The molecular weight excluding hydrogens is 456 g/mol. The van der Waals surface area contributed by atoms with Gasteiger partial charge in [-0.2, -0.15) is 0 Å². The van der Waals surface area contributed by atoms with Crippen LogP contribution in [0.4, 0.5) is 5.00 Å². The molecule has 0 saturated heterocycles. The number of hydrogen-bond acceptors (Lipinski definition) is 7. The molecule has 0 saturated carbocycles. The van der Waals surface area contributed by atoms with E-state index >= 15 is 0 Å². The minimum absolute atomic E-state index is 0.145. The smallest absolute Gasteiger partial charge is 0.341 e. The number of rotatable bonds is 8. The maximum absolute atomic E-state index is 12.8. The summed E-state index contributed by atoms with van der Waals surface area (Å²) in [6, 6.07) is 7.99. The number of aromatic nitrogens is 3. The van der Waals surface area contributed by atoms with Gasteiger partial charge in [-0.25, -0.2) is 4.79 Å². The zero-order valence-electron chi connectivity index (χ0n) is 18.7. The lowest BCUT2D eigenvalue weighted by Crippen LogP contribution is -2.17. The lowest BCUT2D eigenvalue weighted by atomic mass is 9.95. The zero-order chi connectivity index (χ0) is 23.4. The number of thioether (sulfide) groups is 1. The molecule has 172 valence electrons. The van der Waals surface area contributed by atoms with Crippen LogP contribution >= 0.6 is 23.1 Å². The number of carbonyl (C=O) groups is 2. The number of thiophene rings is 1. The Morgan fingerprint density at radius 2 is 2.06 bits per heavy atom. The van der Waals surface area contributed by atoms with Crippen molar-refractivity contribution in [2.75, 3.05) is 18.2 Å². The Hall–Kier alpha value is -2.91. The van der Waals surface area contributed by atoms with Crippen LogP contribution in [0.5, 0.6) is 0 Å². The van der Waals surface area contributed by atoms with Crippen molar-refractivity contribution in [3.8, 4) is 11.4 Å². The van der Waals surface area contributed by atoms with Gasteiger partial charge >= 0.3 is 5.97 Å². The summed E-state index contributed by atoms with van der Waals surface area (Å²) >= 11 is 2.79. The van der Waals surface area contributed by atoms with E-state index in [1.807, 2.05) is 35.8 Å². The van der Waals surface area contributed by atoms with E-state index in [1.165, 1.54) is 35.1 Å². The van der Waals surface area contributed by atoms with Gasteiger partial charge in [0.15, 0.2) is 11.0 Å². The number of ether oxygens (including phenoxy) is 1. The number of aryl methyl sites for hydroxylation is 2. The molecule has 3 aromatic rings. The number of methoxy groups -OCH3 is 1. The van der Waals surface area contributed by atoms with Gasteiger partial charge in [-0.05, 0) is 43.7 Å². The van der Waals surface area contributed by atoms with Crippen LogP contribution in [0, 0.1) is 6.92 Å². The molecule has 1 aliphatic rings. The summed E-state index contributed by atoms with van der Waals surface area (Å²) in [5.74, 6) is 0.293. The Morgan fingerprint density at radius 1 is 1.27 bits per heavy atom. The summed E-state index contributed by atoms with van der Waals surface area (Å²) in [5, 5.41) is 12.8. The highest BCUT2D eigenvalue weighted by atomic mass is 32.2. The Balaban J connectivity index is 1.51. The van der Waals surface area contributed by atoms with Gasteiger partial charge in [-0.1, -0.05) is 42.1 Å². The Labute approximate surface area is 201 Å². The molecule has 0 unspecified atom stereocenters. The molecule has 7 nitrogen and oxygen atoms in total.